The SMILES string of the molecule is Cl.NC(CNS(=O)(=O)c1ccc([N+](=O)[O-])c2cccnc12)C1CC1. The molecule has 0 amide bonds. The average Bonchev–Trinajstić information content (AvgIpc) is 3.36. The molecule has 3 rings (SSSR count). The lowest BCUT2D eigenvalue weighted by Gasteiger charge is -2.13. The van der Waals surface area contributed by atoms with Crippen LogP contribution in [-0.2, 0) is 10.0 Å². The van der Waals surface area contributed by atoms with E-state index in [2.05, 4.69) is 9.71 Å². The number of nitrogens with two attached hydrogens (primary N) is 1. The van der Waals surface area contributed by atoms with Gasteiger partial charge in [-0.3, -0.25) is 15.1 Å². The number of hydrogen-bond donors (Lipinski definition) is 2. The molecular formula is C14H17ClN4O4S. The predicted octanol–water partition coefficient (Wildman–Crippen LogP) is 1.58. The van der Waals surface area contributed by atoms with Crippen LogP contribution in [0.25, 0.3) is 10.9 Å². The quantitative estimate of drug-likeness (QED) is 0.585. The molecule has 1 heterocycles. The second kappa shape index (κ2) is 6.98. The van der Waals surface area contributed by atoms with Crippen molar-refractivity contribution in [3.05, 3.63) is 40.6 Å². The molecule has 1 saturated carbocycles. The van der Waals surface area contributed by atoms with Crippen LogP contribution >= 0.6 is 12.4 Å². The predicted molar refractivity (Wildman–Crippen MR) is 91.5 cm³/mol. The summed E-state index contributed by atoms with van der Waals surface area (Å²) in [5.74, 6) is 0.365. The van der Waals surface area contributed by atoms with Gasteiger partial charge in [0, 0.05) is 24.8 Å². The molecule has 0 aliphatic heterocycles. The van der Waals surface area contributed by atoms with Crippen molar-refractivity contribution in [2.24, 2.45) is 11.7 Å². The van der Waals surface area contributed by atoms with E-state index in [1.165, 1.54) is 30.5 Å². The minimum atomic E-state index is -3.85. The molecule has 3 N–H and O–H groups in total. The molecule has 130 valence electrons. The number of nitro groups is 1. The number of hydrogen-bond acceptors (Lipinski definition) is 6. The van der Waals surface area contributed by atoms with Gasteiger partial charge in [0.15, 0.2) is 0 Å². The highest BCUT2D eigenvalue weighted by atomic mass is 35.5. The van der Waals surface area contributed by atoms with E-state index < -0.39 is 14.9 Å². The number of fused-ring (bicyclic) bond motifs is 1. The molecule has 0 radical (unpaired) electrons. The highest BCUT2D eigenvalue weighted by molar-refractivity contribution is 7.89. The number of nitrogens with one attached hydrogen (secondary N) is 1. The molecule has 0 saturated heterocycles. The van der Waals surface area contributed by atoms with Crippen LogP contribution in [0.1, 0.15) is 12.8 Å². The number of aromatic nitrogens is 1. The van der Waals surface area contributed by atoms with E-state index in [4.69, 9.17) is 5.73 Å². The first-order chi connectivity index (χ1) is 10.9. The summed E-state index contributed by atoms with van der Waals surface area (Å²) in [7, 11) is -3.85. The van der Waals surface area contributed by atoms with Crippen LogP contribution in [0.15, 0.2) is 35.4 Å². The molecule has 2 aromatic rings. The van der Waals surface area contributed by atoms with Crippen LogP contribution in [-0.4, -0.2) is 30.9 Å². The monoisotopic (exact) mass is 372 g/mol. The van der Waals surface area contributed by atoms with E-state index in [0.717, 1.165) is 12.8 Å². The maximum Gasteiger partial charge on any atom is 0.278 e. The summed E-state index contributed by atoms with van der Waals surface area (Å²) in [6.45, 7) is 0.137. The Balaban J connectivity index is 0.00000208. The molecule has 10 heteroatoms. The summed E-state index contributed by atoms with van der Waals surface area (Å²) in [5.41, 5.74) is 5.81. The van der Waals surface area contributed by atoms with Gasteiger partial charge in [0.05, 0.1) is 15.8 Å². The molecule has 1 unspecified atom stereocenters. The van der Waals surface area contributed by atoms with Crippen molar-refractivity contribution < 1.29 is 13.3 Å². The summed E-state index contributed by atoms with van der Waals surface area (Å²) in [6, 6.07) is 5.18. The highest BCUT2D eigenvalue weighted by Gasteiger charge is 2.30. The van der Waals surface area contributed by atoms with Crippen LogP contribution in [0.4, 0.5) is 5.69 Å². The smallest absolute Gasteiger partial charge is 0.278 e. The van der Waals surface area contributed by atoms with Crippen LogP contribution in [0.2, 0.25) is 0 Å². The van der Waals surface area contributed by atoms with E-state index in [1.54, 1.807) is 0 Å². The minimum Gasteiger partial charge on any atom is -0.326 e. The van der Waals surface area contributed by atoms with E-state index in [-0.39, 0.29) is 46.5 Å². The first-order valence-electron chi connectivity index (χ1n) is 7.17. The Labute approximate surface area is 145 Å². The zero-order valence-corrected chi connectivity index (χ0v) is 14.2. The number of halogens is 1. The molecule has 0 spiro atoms. The molecule has 24 heavy (non-hydrogen) atoms. The number of non-ortho nitro benzene ring substituents is 1. The lowest BCUT2D eigenvalue weighted by molar-refractivity contribution is -0.383. The van der Waals surface area contributed by atoms with Crippen molar-refractivity contribution in [2.45, 2.75) is 23.8 Å². The topological polar surface area (TPSA) is 128 Å². The Hall–Kier alpha value is -1.81. The largest absolute Gasteiger partial charge is 0.326 e. The van der Waals surface area contributed by atoms with Crippen molar-refractivity contribution in [2.75, 3.05) is 6.54 Å². The zero-order chi connectivity index (χ0) is 16.6. The maximum absolute atomic E-state index is 12.5. The number of nitrogens with zero attached hydrogens (tertiary/aromatic N) is 2. The summed E-state index contributed by atoms with van der Waals surface area (Å²) in [5, 5.41) is 11.3. The Morgan fingerprint density at radius 3 is 2.71 bits per heavy atom. The highest BCUT2D eigenvalue weighted by Crippen LogP contribution is 2.32. The standard InChI is InChI=1S/C14H16N4O4S.ClH/c15-11(9-3-4-9)8-17-23(21,22)13-6-5-12(18(19)20)10-2-1-7-16-14(10)13;/h1-2,5-7,9,11,17H,3-4,8,15H2;1H. The molecular weight excluding hydrogens is 356 g/mol. The van der Waals surface area contributed by atoms with Gasteiger partial charge >= 0.3 is 0 Å². The van der Waals surface area contributed by atoms with Crippen molar-refractivity contribution >= 4 is 39.0 Å². The first kappa shape index (κ1) is 18.5. The fraction of sp³-hybridized carbons (Fsp3) is 0.357. The fourth-order valence-corrected chi connectivity index (χ4v) is 3.71. The Bertz CT molecular complexity index is 870. The van der Waals surface area contributed by atoms with Crippen molar-refractivity contribution in [3.8, 4) is 0 Å². The van der Waals surface area contributed by atoms with Gasteiger partial charge in [-0.2, -0.15) is 0 Å². The molecule has 8 nitrogen and oxygen atoms in total. The molecule has 1 fully saturated rings. The molecule has 1 aliphatic rings. The van der Waals surface area contributed by atoms with Crippen molar-refractivity contribution in [3.63, 3.8) is 0 Å². The van der Waals surface area contributed by atoms with Crippen LogP contribution in [0.3, 0.4) is 0 Å². The third-order valence-corrected chi connectivity index (χ3v) is 5.39. The number of sulfonamides is 1. The summed E-state index contributed by atoms with van der Waals surface area (Å²) in [6.07, 6.45) is 3.44. The second-order valence-corrected chi connectivity index (χ2v) is 7.33. The third-order valence-electron chi connectivity index (χ3n) is 3.93. The Morgan fingerprint density at radius 2 is 2.08 bits per heavy atom. The van der Waals surface area contributed by atoms with Gasteiger partial charge in [0.2, 0.25) is 10.0 Å². The van der Waals surface area contributed by atoms with E-state index in [0.29, 0.717) is 5.92 Å². The summed E-state index contributed by atoms with van der Waals surface area (Å²) < 4.78 is 27.5. The van der Waals surface area contributed by atoms with Gasteiger partial charge < -0.3 is 5.73 Å². The molecule has 1 atom stereocenters. The second-order valence-electron chi connectivity index (χ2n) is 5.59. The summed E-state index contributed by atoms with van der Waals surface area (Å²) >= 11 is 0. The van der Waals surface area contributed by atoms with Crippen LogP contribution < -0.4 is 10.5 Å². The lowest BCUT2D eigenvalue weighted by Crippen LogP contribution is -2.38. The van der Waals surface area contributed by atoms with E-state index in [1.807, 2.05) is 0 Å². The third kappa shape index (κ3) is 3.64. The number of benzene rings is 1. The number of nitro benzene ring substituents is 1. The van der Waals surface area contributed by atoms with Gasteiger partial charge in [0.1, 0.15) is 4.90 Å². The zero-order valence-electron chi connectivity index (χ0n) is 12.6. The Kier molecular flexibility index (Phi) is 5.38. The minimum absolute atomic E-state index is 0. The van der Waals surface area contributed by atoms with Crippen molar-refractivity contribution in [1.29, 1.82) is 0 Å². The van der Waals surface area contributed by atoms with Crippen LogP contribution in [0.5, 0.6) is 0 Å². The maximum atomic E-state index is 12.5. The van der Waals surface area contributed by atoms with Gasteiger partial charge in [-0.1, -0.05) is 0 Å². The van der Waals surface area contributed by atoms with Crippen LogP contribution in [0, 0.1) is 16.0 Å². The fourth-order valence-electron chi connectivity index (χ4n) is 2.48. The number of rotatable bonds is 6. The number of pyridine rings is 1. The van der Waals surface area contributed by atoms with Gasteiger partial charge in [-0.05, 0) is 37.0 Å². The van der Waals surface area contributed by atoms with Gasteiger partial charge in [0.25, 0.3) is 5.69 Å². The summed E-state index contributed by atoms with van der Waals surface area (Å²) in [4.78, 5) is 14.4. The van der Waals surface area contributed by atoms with E-state index in [9.17, 15) is 18.5 Å². The van der Waals surface area contributed by atoms with Gasteiger partial charge in [-0.25, -0.2) is 13.1 Å². The molecule has 1 aliphatic carbocycles. The average molecular weight is 373 g/mol. The van der Waals surface area contributed by atoms with E-state index >= 15 is 0 Å². The van der Waals surface area contributed by atoms with Gasteiger partial charge in [-0.15, -0.1) is 12.4 Å². The molecule has 0 bridgehead atoms. The van der Waals surface area contributed by atoms with Crippen molar-refractivity contribution in [1.82, 2.24) is 9.71 Å². The lowest BCUT2D eigenvalue weighted by atomic mass is 10.2. The molecule has 1 aromatic carbocycles. The first-order valence-corrected chi connectivity index (χ1v) is 8.66. The Morgan fingerprint density at radius 1 is 1.38 bits per heavy atom. The normalized spacial score (nSPS) is 15.7. The molecule has 1 aromatic heterocycles.